The molecular formula is C22H32IN3O3. The minimum absolute atomic E-state index is 0. The van der Waals surface area contributed by atoms with Crippen LogP contribution in [0.4, 0.5) is 0 Å². The topological polar surface area (TPSA) is 68.0 Å². The summed E-state index contributed by atoms with van der Waals surface area (Å²) in [6.45, 7) is 8.07. The van der Waals surface area contributed by atoms with E-state index in [-0.39, 0.29) is 24.0 Å². The summed E-state index contributed by atoms with van der Waals surface area (Å²) in [5.41, 5.74) is 1.20. The van der Waals surface area contributed by atoms with Gasteiger partial charge in [0, 0.05) is 26.1 Å². The van der Waals surface area contributed by atoms with Crippen molar-refractivity contribution in [2.45, 2.75) is 19.8 Å². The minimum atomic E-state index is 0. The summed E-state index contributed by atoms with van der Waals surface area (Å²) < 4.78 is 16.0. The molecule has 7 heteroatoms. The van der Waals surface area contributed by atoms with Crippen LogP contribution in [-0.2, 0) is 12.8 Å². The second-order valence-corrected chi connectivity index (χ2v) is 6.61. The van der Waals surface area contributed by atoms with Crippen LogP contribution in [0, 0.1) is 5.92 Å². The lowest BCUT2D eigenvalue weighted by atomic mass is 10.0. The molecule has 160 valence electrons. The number of methoxy groups -OCH3 is 2. The quantitative estimate of drug-likeness (QED) is 0.205. The summed E-state index contributed by atoms with van der Waals surface area (Å²) in [7, 11) is 3.30. The number of rotatable bonds is 11. The molecule has 0 radical (unpaired) electrons. The first kappa shape index (κ1) is 24.9. The number of nitrogens with one attached hydrogen (secondary N) is 2. The van der Waals surface area contributed by atoms with Crippen molar-refractivity contribution >= 4 is 29.9 Å². The van der Waals surface area contributed by atoms with Gasteiger partial charge in [0.1, 0.15) is 5.76 Å². The van der Waals surface area contributed by atoms with Crippen LogP contribution in [0.1, 0.15) is 18.2 Å². The maximum atomic E-state index is 5.39. The Morgan fingerprint density at radius 2 is 2.00 bits per heavy atom. The number of nitrogens with zero attached hydrogens (tertiary/aromatic N) is 1. The van der Waals surface area contributed by atoms with Crippen LogP contribution >= 0.6 is 24.0 Å². The molecule has 29 heavy (non-hydrogen) atoms. The molecule has 6 nitrogen and oxygen atoms in total. The van der Waals surface area contributed by atoms with Crippen molar-refractivity contribution in [1.82, 2.24) is 10.6 Å². The van der Waals surface area contributed by atoms with Gasteiger partial charge in [-0.1, -0.05) is 19.1 Å². The molecule has 1 unspecified atom stereocenters. The number of benzene rings is 1. The molecule has 1 aromatic carbocycles. The minimum Gasteiger partial charge on any atom is -0.493 e. The van der Waals surface area contributed by atoms with Gasteiger partial charge in [0.25, 0.3) is 0 Å². The van der Waals surface area contributed by atoms with E-state index in [1.807, 2.05) is 30.3 Å². The molecule has 2 rings (SSSR count). The molecule has 0 saturated heterocycles. The number of hydrogen-bond donors (Lipinski definition) is 2. The van der Waals surface area contributed by atoms with E-state index in [0.717, 1.165) is 42.6 Å². The van der Waals surface area contributed by atoms with Crippen molar-refractivity contribution in [1.29, 1.82) is 0 Å². The Morgan fingerprint density at radius 3 is 2.66 bits per heavy atom. The summed E-state index contributed by atoms with van der Waals surface area (Å²) in [6.07, 6.45) is 5.22. The number of ether oxygens (including phenoxy) is 2. The van der Waals surface area contributed by atoms with Gasteiger partial charge in [0.15, 0.2) is 17.5 Å². The number of guanidine groups is 1. The lowest BCUT2D eigenvalue weighted by molar-refractivity contribution is 0.354. The first-order chi connectivity index (χ1) is 13.7. The SMILES string of the molecule is C=CCNC(=NCC(C)Cc1ccc(OC)c(OC)c1)NCCc1ccco1.I. The summed E-state index contributed by atoms with van der Waals surface area (Å²) in [5.74, 6) is 3.62. The second kappa shape index (κ2) is 13.9. The molecule has 0 aliphatic rings. The standard InChI is InChI=1S/C22H31N3O3.HI/c1-5-11-23-22(24-12-10-19-7-6-13-28-19)25-16-17(2)14-18-8-9-20(26-3)21(15-18)27-4;/h5-9,13,15,17H,1,10-12,14,16H2,2-4H3,(H2,23,24,25);1H. The van der Waals surface area contributed by atoms with Crippen LogP contribution in [0.3, 0.4) is 0 Å². The average molecular weight is 513 g/mol. The number of halogens is 1. The van der Waals surface area contributed by atoms with Crippen molar-refractivity contribution in [3.8, 4) is 11.5 Å². The predicted octanol–water partition coefficient (Wildman–Crippen LogP) is 4.06. The van der Waals surface area contributed by atoms with E-state index in [4.69, 9.17) is 18.9 Å². The van der Waals surface area contributed by atoms with Gasteiger partial charge >= 0.3 is 0 Å². The van der Waals surface area contributed by atoms with Crippen LogP contribution in [0.2, 0.25) is 0 Å². The van der Waals surface area contributed by atoms with E-state index in [1.165, 1.54) is 5.56 Å². The molecule has 0 spiro atoms. The Bertz CT molecular complexity index is 748. The lowest BCUT2D eigenvalue weighted by Gasteiger charge is -2.14. The third-order valence-corrected chi connectivity index (χ3v) is 4.25. The zero-order valence-electron chi connectivity index (χ0n) is 17.4. The maximum absolute atomic E-state index is 5.39. The van der Waals surface area contributed by atoms with Crippen LogP contribution in [0.25, 0.3) is 0 Å². The highest BCUT2D eigenvalue weighted by Crippen LogP contribution is 2.28. The van der Waals surface area contributed by atoms with Crippen molar-refractivity contribution in [3.63, 3.8) is 0 Å². The molecule has 0 bridgehead atoms. The Morgan fingerprint density at radius 1 is 1.21 bits per heavy atom. The summed E-state index contributed by atoms with van der Waals surface area (Å²) in [5, 5.41) is 6.60. The Balaban J connectivity index is 0.00000420. The van der Waals surface area contributed by atoms with Crippen LogP contribution in [0.5, 0.6) is 11.5 Å². The van der Waals surface area contributed by atoms with E-state index in [1.54, 1.807) is 20.5 Å². The van der Waals surface area contributed by atoms with E-state index in [2.05, 4.69) is 30.2 Å². The van der Waals surface area contributed by atoms with Crippen molar-refractivity contribution < 1.29 is 13.9 Å². The summed E-state index contributed by atoms with van der Waals surface area (Å²) >= 11 is 0. The van der Waals surface area contributed by atoms with Crippen LogP contribution < -0.4 is 20.1 Å². The third kappa shape index (κ3) is 8.81. The molecule has 2 aromatic rings. The van der Waals surface area contributed by atoms with Crippen molar-refractivity contribution in [3.05, 3.63) is 60.6 Å². The highest BCUT2D eigenvalue weighted by atomic mass is 127. The molecule has 0 amide bonds. The van der Waals surface area contributed by atoms with E-state index in [0.29, 0.717) is 19.0 Å². The van der Waals surface area contributed by atoms with E-state index < -0.39 is 0 Å². The summed E-state index contributed by atoms with van der Waals surface area (Å²) in [6, 6.07) is 9.91. The highest BCUT2D eigenvalue weighted by Gasteiger charge is 2.09. The maximum Gasteiger partial charge on any atom is 0.191 e. The van der Waals surface area contributed by atoms with Gasteiger partial charge in [-0.25, -0.2) is 0 Å². The van der Waals surface area contributed by atoms with Gasteiger partial charge in [0.2, 0.25) is 0 Å². The fraction of sp³-hybridized carbons (Fsp3) is 0.409. The third-order valence-electron chi connectivity index (χ3n) is 4.25. The van der Waals surface area contributed by atoms with E-state index in [9.17, 15) is 0 Å². The molecule has 0 saturated carbocycles. The fourth-order valence-electron chi connectivity index (χ4n) is 2.82. The monoisotopic (exact) mass is 513 g/mol. The van der Waals surface area contributed by atoms with Crippen molar-refractivity contribution in [2.75, 3.05) is 33.9 Å². The zero-order chi connectivity index (χ0) is 20.2. The molecular weight excluding hydrogens is 481 g/mol. The molecule has 0 aliphatic heterocycles. The number of hydrogen-bond acceptors (Lipinski definition) is 4. The molecule has 1 atom stereocenters. The number of furan rings is 1. The van der Waals surface area contributed by atoms with Crippen LogP contribution in [0.15, 0.2) is 58.7 Å². The normalized spacial score (nSPS) is 11.9. The van der Waals surface area contributed by atoms with Gasteiger partial charge in [-0.05, 0) is 42.2 Å². The first-order valence-corrected chi connectivity index (χ1v) is 9.52. The van der Waals surface area contributed by atoms with Gasteiger partial charge in [-0.15, -0.1) is 30.6 Å². The van der Waals surface area contributed by atoms with Gasteiger partial charge in [-0.3, -0.25) is 4.99 Å². The molecule has 1 heterocycles. The largest absolute Gasteiger partial charge is 0.493 e. The first-order valence-electron chi connectivity index (χ1n) is 9.52. The Labute approximate surface area is 190 Å². The second-order valence-electron chi connectivity index (χ2n) is 6.61. The zero-order valence-corrected chi connectivity index (χ0v) is 19.8. The molecule has 0 fully saturated rings. The fourth-order valence-corrected chi connectivity index (χ4v) is 2.82. The van der Waals surface area contributed by atoms with Gasteiger partial charge < -0.3 is 24.5 Å². The Hall–Kier alpha value is -2.16. The highest BCUT2D eigenvalue weighted by molar-refractivity contribution is 14.0. The Kier molecular flexibility index (Phi) is 11.9. The van der Waals surface area contributed by atoms with Crippen molar-refractivity contribution in [2.24, 2.45) is 10.9 Å². The number of aliphatic imine (C=N–C) groups is 1. The smallest absolute Gasteiger partial charge is 0.191 e. The van der Waals surface area contributed by atoms with E-state index >= 15 is 0 Å². The lowest BCUT2D eigenvalue weighted by Crippen LogP contribution is -2.38. The van der Waals surface area contributed by atoms with Gasteiger partial charge in [-0.2, -0.15) is 0 Å². The molecule has 1 aromatic heterocycles. The predicted molar refractivity (Wildman–Crippen MR) is 129 cm³/mol. The average Bonchev–Trinajstić information content (AvgIpc) is 3.23. The van der Waals surface area contributed by atoms with Crippen LogP contribution in [-0.4, -0.2) is 39.8 Å². The molecule has 0 aliphatic carbocycles. The summed E-state index contributed by atoms with van der Waals surface area (Å²) in [4.78, 5) is 4.71. The molecule has 2 N–H and O–H groups in total. The van der Waals surface area contributed by atoms with Gasteiger partial charge in [0.05, 0.1) is 20.5 Å².